The largest absolute Gasteiger partial charge is 0.241 e. The Bertz CT molecular complexity index is 792. The highest BCUT2D eigenvalue weighted by atomic mass is 79.9. The summed E-state index contributed by atoms with van der Waals surface area (Å²) in [4.78, 5) is 0.329. The smallest absolute Gasteiger partial charge is 0.207 e. The zero-order valence-corrected chi connectivity index (χ0v) is 16.2. The van der Waals surface area contributed by atoms with Gasteiger partial charge in [-0.2, -0.15) is 0 Å². The van der Waals surface area contributed by atoms with Gasteiger partial charge in [-0.15, -0.1) is 0 Å². The van der Waals surface area contributed by atoms with Gasteiger partial charge in [-0.1, -0.05) is 59.5 Å². The molecule has 0 spiro atoms. The SMILES string of the molecule is CC1(NS(=O)(=O)c2ccc(-c3ccc(Br)cc3)cc2)CCCCC1. The molecule has 3 rings (SSSR count). The first-order valence-electron chi connectivity index (χ1n) is 8.28. The Labute approximate surface area is 152 Å². The maximum atomic E-state index is 12.7. The second kappa shape index (κ2) is 6.98. The maximum Gasteiger partial charge on any atom is 0.241 e. The Hall–Kier alpha value is -1.17. The number of hydrogen-bond donors (Lipinski definition) is 1. The summed E-state index contributed by atoms with van der Waals surface area (Å²) in [6.07, 6.45) is 5.18. The molecule has 0 saturated heterocycles. The summed E-state index contributed by atoms with van der Waals surface area (Å²) >= 11 is 3.42. The van der Waals surface area contributed by atoms with E-state index in [1.165, 1.54) is 6.42 Å². The lowest BCUT2D eigenvalue weighted by atomic mass is 9.84. The molecule has 24 heavy (non-hydrogen) atoms. The summed E-state index contributed by atoms with van der Waals surface area (Å²) in [5.41, 5.74) is 1.75. The summed E-state index contributed by atoms with van der Waals surface area (Å²) in [6, 6.07) is 15.1. The lowest BCUT2D eigenvalue weighted by Gasteiger charge is -2.34. The van der Waals surface area contributed by atoms with E-state index >= 15 is 0 Å². The topological polar surface area (TPSA) is 46.2 Å². The third-order valence-corrected chi connectivity index (χ3v) is 6.86. The van der Waals surface area contributed by atoms with Gasteiger partial charge in [0.05, 0.1) is 4.90 Å². The number of sulfonamides is 1. The van der Waals surface area contributed by atoms with Crippen molar-refractivity contribution in [2.24, 2.45) is 0 Å². The van der Waals surface area contributed by atoms with Crippen LogP contribution in [0.3, 0.4) is 0 Å². The molecule has 0 amide bonds. The van der Waals surface area contributed by atoms with Gasteiger partial charge < -0.3 is 0 Å². The highest BCUT2D eigenvalue weighted by Crippen LogP contribution is 2.30. The van der Waals surface area contributed by atoms with E-state index in [1.807, 2.05) is 43.3 Å². The summed E-state index contributed by atoms with van der Waals surface area (Å²) in [5, 5.41) is 0. The quantitative estimate of drug-likeness (QED) is 0.764. The van der Waals surface area contributed by atoms with E-state index in [1.54, 1.807) is 12.1 Å². The van der Waals surface area contributed by atoms with Crippen molar-refractivity contribution in [3.8, 4) is 11.1 Å². The van der Waals surface area contributed by atoms with E-state index in [9.17, 15) is 8.42 Å². The molecule has 2 aromatic rings. The number of hydrogen-bond acceptors (Lipinski definition) is 2. The van der Waals surface area contributed by atoms with Crippen LogP contribution in [0.5, 0.6) is 0 Å². The van der Waals surface area contributed by atoms with Gasteiger partial charge in [-0.25, -0.2) is 13.1 Å². The van der Waals surface area contributed by atoms with Crippen LogP contribution in [0.2, 0.25) is 0 Å². The van der Waals surface area contributed by atoms with Gasteiger partial charge in [-0.3, -0.25) is 0 Å². The molecule has 0 aliphatic heterocycles. The summed E-state index contributed by atoms with van der Waals surface area (Å²) in [7, 11) is -3.48. The Morgan fingerprint density at radius 3 is 1.92 bits per heavy atom. The Kier molecular flexibility index (Phi) is 5.13. The lowest BCUT2D eigenvalue weighted by molar-refractivity contribution is 0.294. The average Bonchev–Trinajstić information content (AvgIpc) is 2.55. The minimum absolute atomic E-state index is 0.318. The molecule has 1 fully saturated rings. The molecule has 128 valence electrons. The summed E-state index contributed by atoms with van der Waals surface area (Å²) < 4.78 is 29.3. The highest BCUT2D eigenvalue weighted by molar-refractivity contribution is 9.10. The van der Waals surface area contributed by atoms with Crippen LogP contribution in [0.1, 0.15) is 39.0 Å². The summed E-state index contributed by atoms with van der Waals surface area (Å²) in [5.74, 6) is 0. The van der Waals surface area contributed by atoms with Gasteiger partial charge in [0.15, 0.2) is 0 Å². The van der Waals surface area contributed by atoms with E-state index in [2.05, 4.69) is 20.7 Å². The molecule has 1 saturated carbocycles. The van der Waals surface area contributed by atoms with Crippen molar-refractivity contribution in [1.29, 1.82) is 0 Å². The van der Waals surface area contributed by atoms with Crippen molar-refractivity contribution in [3.63, 3.8) is 0 Å². The van der Waals surface area contributed by atoms with Crippen LogP contribution >= 0.6 is 15.9 Å². The lowest BCUT2D eigenvalue weighted by Crippen LogP contribution is -2.47. The Balaban J connectivity index is 1.80. The molecule has 5 heteroatoms. The molecule has 1 N–H and O–H groups in total. The zero-order chi connectivity index (χ0) is 17.2. The van der Waals surface area contributed by atoms with Crippen molar-refractivity contribution in [2.75, 3.05) is 0 Å². The molecular formula is C19H22BrNO2S. The number of nitrogens with one attached hydrogen (secondary N) is 1. The molecule has 0 unspecified atom stereocenters. The van der Waals surface area contributed by atoms with Crippen molar-refractivity contribution >= 4 is 26.0 Å². The second-order valence-electron chi connectivity index (χ2n) is 6.76. The van der Waals surface area contributed by atoms with Gasteiger partial charge in [0.25, 0.3) is 0 Å². The normalized spacial score (nSPS) is 17.6. The van der Waals surface area contributed by atoms with E-state index in [0.29, 0.717) is 4.90 Å². The molecule has 0 atom stereocenters. The van der Waals surface area contributed by atoms with Crippen molar-refractivity contribution < 1.29 is 8.42 Å². The predicted molar refractivity (Wildman–Crippen MR) is 101 cm³/mol. The molecule has 0 radical (unpaired) electrons. The number of rotatable bonds is 4. The van der Waals surface area contributed by atoms with Gasteiger partial charge >= 0.3 is 0 Å². The molecule has 1 aliphatic carbocycles. The van der Waals surface area contributed by atoms with Crippen molar-refractivity contribution in [1.82, 2.24) is 4.72 Å². The fourth-order valence-electron chi connectivity index (χ4n) is 3.29. The molecule has 3 nitrogen and oxygen atoms in total. The third kappa shape index (κ3) is 4.08. The van der Waals surface area contributed by atoms with Crippen LogP contribution in [-0.4, -0.2) is 14.0 Å². The van der Waals surface area contributed by atoms with Crippen LogP contribution < -0.4 is 4.72 Å². The molecule has 0 heterocycles. The number of halogens is 1. The zero-order valence-electron chi connectivity index (χ0n) is 13.8. The van der Waals surface area contributed by atoms with E-state index in [0.717, 1.165) is 41.3 Å². The Morgan fingerprint density at radius 2 is 1.38 bits per heavy atom. The van der Waals surface area contributed by atoms with Crippen molar-refractivity contribution in [3.05, 3.63) is 53.0 Å². The van der Waals surface area contributed by atoms with Crippen molar-refractivity contribution in [2.45, 2.75) is 49.5 Å². The monoisotopic (exact) mass is 407 g/mol. The first kappa shape index (κ1) is 17.6. The van der Waals surface area contributed by atoms with Crippen LogP contribution in [0.15, 0.2) is 57.9 Å². The van der Waals surface area contributed by atoms with Crippen LogP contribution in [-0.2, 0) is 10.0 Å². The minimum atomic E-state index is -3.48. The van der Waals surface area contributed by atoms with Gasteiger partial charge in [-0.05, 0) is 55.2 Å². The van der Waals surface area contributed by atoms with Crippen LogP contribution in [0.4, 0.5) is 0 Å². The van der Waals surface area contributed by atoms with Gasteiger partial charge in [0.1, 0.15) is 0 Å². The molecule has 0 bridgehead atoms. The van der Waals surface area contributed by atoms with Gasteiger partial charge in [0, 0.05) is 10.0 Å². The number of benzene rings is 2. The molecule has 2 aromatic carbocycles. The predicted octanol–water partition coefficient (Wildman–Crippen LogP) is 5.12. The minimum Gasteiger partial charge on any atom is -0.207 e. The highest BCUT2D eigenvalue weighted by Gasteiger charge is 2.31. The fourth-order valence-corrected chi connectivity index (χ4v) is 5.02. The molecule has 1 aliphatic rings. The third-order valence-electron chi connectivity index (χ3n) is 4.68. The standard InChI is InChI=1S/C19H22BrNO2S/c1-19(13-3-2-4-14-19)21-24(22,23)18-11-7-16(8-12-18)15-5-9-17(20)10-6-15/h5-12,21H,2-4,13-14H2,1H3. The van der Waals surface area contributed by atoms with Gasteiger partial charge in [0.2, 0.25) is 10.0 Å². The Morgan fingerprint density at radius 1 is 0.875 bits per heavy atom. The van der Waals surface area contributed by atoms with Crippen LogP contribution in [0.25, 0.3) is 11.1 Å². The van der Waals surface area contributed by atoms with E-state index in [4.69, 9.17) is 0 Å². The average molecular weight is 408 g/mol. The van der Waals surface area contributed by atoms with E-state index in [-0.39, 0.29) is 5.54 Å². The molecule has 0 aromatic heterocycles. The van der Waals surface area contributed by atoms with E-state index < -0.39 is 10.0 Å². The summed E-state index contributed by atoms with van der Waals surface area (Å²) in [6.45, 7) is 2.01. The fraction of sp³-hybridized carbons (Fsp3) is 0.368. The molecular weight excluding hydrogens is 386 g/mol. The maximum absolute atomic E-state index is 12.7. The second-order valence-corrected chi connectivity index (χ2v) is 9.36. The first-order valence-corrected chi connectivity index (χ1v) is 10.6. The van der Waals surface area contributed by atoms with Crippen LogP contribution in [0, 0.1) is 0 Å². The first-order chi connectivity index (χ1) is 11.4.